The Kier molecular flexibility index (Phi) is 6.74. The Bertz CT molecular complexity index is 446. The maximum absolute atomic E-state index is 12.0. The van der Waals surface area contributed by atoms with Gasteiger partial charge in [0.05, 0.1) is 5.75 Å². The van der Waals surface area contributed by atoms with Crippen molar-refractivity contribution in [3.8, 4) is 0 Å². The van der Waals surface area contributed by atoms with Gasteiger partial charge in [-0.15, -0.1) is 11.8 Å². The Morgan fingerprint density at radius 3 is 2.79 bits per heavy atom. The highest BCUT2D eigenvalue weighted by molar-refractivity contribution is 9.10. The van der Waals surface area contributed by atoms with E-state index in [1.165, 1.54) is 11.8 Å². The number of carbonyl (C=O) groups is 1. The smallest absolute Gasteiger partial charge is 0.265 e. The highest BCUT2D eigenvalue weighted by Gasteiger charge is 2.17. The molecule has 0 fully saturated rings. The lowest BCUT2D eigenvalue weighted by molar-refractivity contribution is -0.119. The van der Waals surface area contributed by atoms with E-state index in [4.69, 9.17) is 5.11 Å². The average Bonchev–Trinajstić information content (AvgIpc) is 2.34. The van der Waals surface area contributed by atoms with Crippen molar-refractivity contribution in [2.24, 2.45) is 0 Å². The summed E-state index contributed by atoms with van der Waals surface area (Å²) in [5.74, 6) is -0.259. The number of hydrogen-bond acceptors (Lipinski definition) is 3. The third kappa shape index (κ3) is 5.88. The molecular formula is C12H14BrF2NO2S. The molecule has 2 N–H and O–H groups in total. The van der Waals surface area contributed by atoms with Crippen LogP contribution in [0.5, 0.6) is 0 Å². The first kappa shape index (κ1) is 16.4. The molecule has 0 aliphatic rings. The maximum atomic E-state index is 12.0. The van der Waals surface area contributed by atoms with Crippen LogP contribution in [-0.4, -0.2) is 35.8 Å². The van der Waals surface area contributed by atoms with Crippen LogP contribution in [0.25, 0.3) is 0 Å². The molecule has 1 amide bonds. The lowest BCUT2D eigenvalue weighted by Crippen LogP contribution is -2.36. The molecule has 1 atom stereocenters. The zero-order valence-corrected chi connectivity index (χ0v) is 12.6. The number of carbonyl (C=O) groups excluding carboxylic acids is 1. The minimum Gasteiger partial charge on any atom is -0.385 e. The van der Waals surface area contributed by atoms with Gasteiger partial charge in [-0.25, -0.2) is 8.78 Å². The number of alkyl halides is 2. The van der Waals surface area contributed by atoms with Gasteiger partial charge in [0.15, 0.2) is 0 Å². The molecule has 1 aromatic rings. The van der Waals surface area contributed by atoms with Crippen LogP contribution in [-0.2, 0) is 4.79 Å². The van der Waals surface area contributed by atoms with E-state index in [0.717, 1.165) is 14.9 Å². The predicted molar refractivity (Wildman–Crippen MR) is 74.6 cm³/mol. The van der Waals surface area contributed by atoms with Crippen LogP contribution in [0, 0.1) is 6.92 Å². The Hall–Kier alpha value is -0.660. The van der Waals surface area contributed by atoms with Crippen molar-refractivity contribution in [2.45, 2.75) is 24.3 Å². The van der Waals surface area contributed by atoms with Crippen molar-refractivity contribution < 1.29 is 18.7 Å². The summed E-state index contributed by atoms with van der Waals surface area (Å²) in [6.07, 6.45) is -4.66. The van der Waals surface area contributed by atoms with Crippen LogP contribution < -0.4 is 5.32 Å². The largest absolute Gasteiger partial charge is 0.385 e. The summed E-state index contributed by atoms with van der Waals surface area (Å²) in [5.41, 5.74) is 1.03. The van der Waals surface area contributed by atoms with Crippen LogP contribution in [0.15, 0.2) is 27.6 Å². The third-order valence-electron chi connectivity index (χ3n) is 2.29. The molecule has 1 unspecified atom stereocenters. The number of aliphatic hydroxyl groups is 1. The van der Waals surface area contributed by atoms with E-state index in [-0.39, 0.29) is 11.7 Å². The van der Waals surface area contributed by atoms with Gasteiger partial charge in [0.25, 0.3) is 6.43 Å². The molecule has 0 aliphatic carbocycles. The molecule has 1 aromatic carbocycles. The molecule has 0 bridgehead atoms. The minimum atomic E-state index is -2.85. The maximum Gasteiger partial charge on any atom is 0.265 e. The van der Waals surface area contributed by atoms with E-state index >= 15 is 0 Å². The van der Waals surface area contributed by atoms with Gasteiger partial charge in [-0.05, 0) is 30.7 Å². The number of benzene rings is 1. The van der Waals surface area contributed by atoms with Crippen molar-refractivity contribution in [3.05, 3.63) is 28.2 Å². The Labute approximate surface area is 122 Å². The normalized spacial score (nSPS) is 12.5. The zero-order valence-electron chi connectivity index (χ0n) is 10.2. The summed E-state index contributed by atoms with van der Waals surface area (Å²) in [7, 11) is 0. The number of aliphatic hydroxyl groups excluding tert-OH is 1. The molecule has 0 aliphatic heterocycles. The van der Waals surface area contributed by atoms with E-state index in [9.17, 15) is 13.6 Å². The van der Waals surface area contributed by atoms with E-state index in [1.54, 1.807) is 0 Å². The van der Waals surface area contributed by atoms with Crippen molar-refractivity contribution in [2.75, 3.05) is 12.3 Å². The first-order chi connectivity index (χ1) is 8.90. The zero-order chi connectivity index (χ0) is 14.4. The van der Waals surface area contributed by atoms with Gasteiger partial charge in [-0.2, -0.15) is 0 Å². The Morgan fingerprint density at radius 2 is 2.21 bits per heavy atom. The summed E-state index contributed by atoms with van der Waals surface area (Å²) in [4.78, 5) is 12.4. The molecule has 19 heavy (non-hydrogen) atoms. The van der Waals surface area contributed by atoms with Crippen LogP contribution in [0.2, 0.25) is 0 Å². The molecule has 7 heteroatoms. The minimum absolute atomic E-state index is 0.123. The molecule has 106 valence electrons. The summed E-state index contributed by atoms with van der Waals surface area (Å²) in [5, 5.41) is 11.1. The summed E-state index contributed by atoms with van der Waals surface area (Å²) in [6.45, 7) is 1.49. The quantitative estimate of drug-likeness (QED) is 0.772. The van der Waals surface area contributed by atoms with Gasteiger partial charge in [0, 0.05) is 15.9 Å². The molecule has 0 saturated carbocycles. The number of rotatable bonds is 6. The highest BCUT2D eigenvalue weighted by Crippen LogP contribution is 2.25. The van der Waals surface area contributed by atoms with Crippen LogP contribution in [0.3, 0.4) is 0 Å². The Balaban J connectivity index is 2.38. The highest BCUT2D eigenvalue weighted by atomic mass is 79.9. The second-order valence-electron chi connectivity index (χ2n) is 3.90. The number of nitrogens with one attached hydrogen (secondary N) is 1. The molecule has 0 radical (unpaired) electrons. The van der Waals surface area contributed by atoms with Crippen LogP contribution in [0.4, 0.5) is 8.78 Å². The summed E-state index contributed by atoms with van der Waals surface area (Å²) >= 11 is 4.67. The molecule has 3 nitrogen and oxygen atoms in total. The monoisotopic (exact) mass is 353 g/mol. The van der Waals surface area contributed by atoms with E-state index in [0.29, 0.717) is 0 Å². The Morgan fingerprint density at radius 1 is 1.53 bits per heavy atom. The number of thioether (sulfide) groups is 1. The van der Waals surface area contributed by atoms with Crippen molar-refractivity contribution in [3.63, 3.8) is 0 Å². The molecule has 0 aromatic heterocycles. The number of hydrogen-bond donors (Lipinski definition) is 2. The van der Waals surface area contributed by atoms with Crippen LogP contribution in [0.1, 0.15) is 5.56 Å². The standard InChI is InChI=1S/C12H14BrF2NO2S/c1-7-4-8(13)2-3-10(7)19-6-11(18)16-5-9(17)12(14)15/h2-4,9,12,17H,5-6H2,1H3,(H,16,18). The molecule has 0 saturated heterocycles. The van der Waals surface area contributed by atoms with Gasteiger partial charge in [0.2, 0.25) is 5.91 Å². The fourth-order valence-electron chi connectivity index (χ4n) is 1.28. The van der Waals surface area contributed by atoms with Crippen molar-refractivity contribution in [1.29, 1.82) is 0 Å². The lowest BCUT2D eigenvalue weighted by atomic mass is 10.2. The van der Waals surface area contributed by atoms with Crippen molar-refractivity contribution in [1.82, 2.24) is 5.32 Å². The number of aryl methyl sites for hydroxylation is 1. The summed E-state index contributed by atoms with van der Waals surface area (Å²) < 4.78 is 25.0. The van der Waals surface area contributed by atoms with Gasteiger partial charge < -0.3 is 10.4 Å². The average molecular weight is 354 g/mol. The molecule has 0 heterocycles. The predicted octanol–water partition coefficient (Wildman–Crippen LogP) is 2.59. The fourth-order valence-corrected chi connectivity index (χ4v) is 2.59. The van der Waals surface area contributed by atoms with Gasteiger partial charge in [-0.1, -0.05) is 15.9 Å². The van der Waals surface area contributed by atoms with E-state index < -0.39 is 19.1 Å². The SMILES string of the molecule is Cc1cc(Br)ccc1SCC(=O)NCC(O)C(F)F. The first-order valence-electron chi connectivity index (χ1n) is 5.52. The van der Waals surface area contributed by atoms with Crippen LogP contribution >= 0.6 is 27.7 Å². The van der Waals surface area contributed by atoms with E-state index in [2.05, 4.69) is 21.2 Å². The van der Waals surface area contributed by atoms with E-state index in [1.807, 2.05) is 25.1 Å². The second-order valence-corrected chi connectivity index (χ2v) is 5.84. The fraction of sp³-hybridized carbons (Fsp3) is 0.417. The summed E-state index contributed by atoms with van der Waals surface area (Å²) in [6, 6.07) is 5.68. The number of halogens is 3. The van der Waals surface area contributed by atoms with Gasteiger partial charge >= 0.3 is 0 Å². The molecule has 1 rings (SSSR count). The molecular weight excluding hydrogens is 340 g/mol. The lowest BCUT2D eigenvalue weighted by Gasteiger charge is -2.11. The van der Waals surface area contributed by atoms with Gasteiger partial charge in [-0.3, -0.25) is 4.79 Å². The van der Waals surface area contributed by atoms with Gasteiger partial charge in [0.1, 0.15) is 6.10 Å². The number of amides is 1. The molecule has 0 spiro atoms. The topological polar surface area (TPSA) is 49.3 Å². The van der Waals surface area contributed by atoms with Crippen molar-refractivity contribution >= 4 is 33.6 Å². The first-order valence-corrected chi connectivity index (χ1v) is 7.30. The third-order valence-corrected chi connectivity index (χ3v) is 3.96. The second kappa shape index (κ2) is 7.81.